The third-order valence-electron chi connectivity index (χ3n) is 7.15. The van der Waals surface area contributed by atoms with Crippen LogP contribution in [0.25, 0.3) is 5.69 Å². The monoisotopic (exact) mass is 722 g/mol. The van der Waals surface area contributed by atoms with Gasteiger partial charge in [-0.05, 0) is 55.5 Å². The highest BCUT2D eigenvalue weighted by Gasteiger charge is 2.18. The molecule has 5 rings (SSSR count). The summed E-state index contributed by atoms with van der Waals surface area (Å²) >= 11 is 13.2. The van der Waals surface area contributed by atoms with Gasteiger partial charge in [0.25, 0.3) is 0 Å². The molecule has 0 spiro atoms. The van der Waals surface area contributed by atoms with E-state index in [4.69, 9.17) is 32.7 Å². The van der Waals surface area contributed by atoms with Gasteiger partial charge in [-0.1, -0.05) is 54.7 Å². The van der Waals surface area contributed by atoms with E-state index in [1.807, 2.05) is 51.1 Å². The Bertz CT molecular complexity index is 2110. The molecule has 256 valence electrons. The van der Waals surface area contributed by atoms with Crippen molar-refractivity contribution in [3.8, 4) is 23.1 Å². The first-order chi connectivity index (χ1) is 23.3. The Hall–Kier alpha value is -4.98. The number of aromatic nitrogens is 4. The number of rotatable bonds is 11. The largest absolute Gasteiger partial charge is 0.497 e. The van der Waals surface area contributed by atoms with Crippen LogP contribution in [-0.2, 0) is 9.71 Å². The van der Waals surface area contributed by atoms with Crippen LogP contribution in [0.15, 0.2) is 72.9 Å². The molecule has 15 heteroatoms. The fourth-order valence-corrected chi connectivity index (χ4v) is 5.58. The first-order valence-corrected chi connectivity index (χ1v) is 17.9. The molecule has 1 unspecified atom stereocenters. The van der Waals surface area contributed by atoms with Gasteiger partial charge in [0.2, 0.25) is 11.8 Å². The van der Waals surface area contributed by atoms with Gasteiger partial charge in [0.15, 0.2) is 0 Å². The Kier molecular flexibility index (Phi) is 10.9. The number of hydrogen-bond acceptors (Lipinski definition) is 8. The summed E-state index contributed by atoms with van der Waals surface area (Å²) in [6.45, 7) is 7.79. The van der Waals surface area contributed by atoms with Gasteiger partial charge in [0.1, 0.15) is 22.3 Å². The summed E-state index contributed by atoms with van der Waals surface area (Å²) in [5.41, 5.74) is 4.18. The van der Waals surface area contributed by atoms with Gasteiger partial charge in [-0.2, -0.15) is 10.1 Å². The third kappa shape index (κ3) is 8.93. The van der Waals surface area contributed by atoms with Crippen molar-refractivity contribution in [1.29, 1.82) is 0 Å². The number of carbonyl (C=O) groups is 1. The zero-order chi connectivity index (χ0) is 35.3. The molecule has 0 aliphatic carbocycles. The molecule has 0 radical (unpaired) electrons. The van der Waals surface area contributed by atoms with Crippen molar-refractivity contribution in [2.24, 2.45) is 0 Å². The topological polar surface area (TPSA) is 144 Å². The van der Waals surface area contributed by atoms with Gasteiger partial charge in [0.05, 0.1) is 34.9 Å². The summed E-state index contributed by atoms with van der Waals surface area (Å²) in [4.78, 5) is 21.8. The lowest BCUT2D eigenvalue weighted by molar-refractivity contribution is 0.262. The van der Waals surface area contributed by atoms with Gasteiger partial charge in [-0.25, -0.2) is 18.7 Å². The predicted molar refractivity (Wildman–Crippen MR) is 199 cm³/mol. The zero-order valence-electron chi connectivity index (χ0n) is 27.7. The smallest absolute Gasteiger partial charge is 0.324 e. The number of carbonyl (C=O) groups excluding carboxylic acids is 1. The molecule has 0 bridgehead atoms. The van der Waals surface area contributed by atoms with E-state index in [9.17, 15) is 9.00 Å². The van der Waals surface area contributed by atoms with Crippen molar-refractivity contribution in [2.45, 2.75) is 33.6 Å². The number of nitrogens with one attached hydrogen (secondary N) is 4. The normalized spacial score (nSPS) is 12.2. The SMILES string of the molecule is CC=S(C)(=O)Nc1cc(Nc2nccc(Oc3ccc(NC(=O)Nc4cc(C(C)C)nn4-c4ccc(C)cc4)c(Cl)c3Cl)n2)cc(OC)c1. The number of hydrogen-bond donors (Lipinski definition) is 4. The Labute approximate surface area is 295 Å². The van der Waals surface area contributed by atoms with Gasteiger partial charge in [-0.15, -0.1) is 0 Å². The number of amides is 2. The summed E-state index contributed by atoms with van der Waals surface area (Å²) in [6.07, 6.45) is 3.11. The number of ether oxygens (including phenoxy) is 2. The molecular formula is C34H36Cl2N8O4S. The van der Waals surface area contributed by atoms with E-state index >= 15 is 0 Å². The van der Waals surface area contributed by atoms with E-state index in [1.54, 1.807) is 59.6 Å². The average Bonchev–Trinajstić information content (AvgIpc) is 3.48. The quantitative estimate of drug-likeness (QED) is 0.0992. The second kappa shape index (κ2) is 15.1. The van der Waals surface area contributed by atoms with E-state index < -0.39 is 15.7 Å². The summed E-state index contributed by atoms with van der Waals surface area (Å²) in [7, 11) is -0.852. The maximum absolute atomic E-state index is 13.1. The molecular weight excluding hydrogens is 687 g/mol. The van der Waals surface area contributed by atoms with E-state index in [-0.39, 0.29) is 39.2 Å². The van der Waals surface area contributed by atoms with Crippen molar-refractivity contribution in [3.05, 3.63) is 94.2 Å². The lowest BCUT2D eigenvalue weighted by Crippen LogP contribution is -2.21. The highest BCUT2D eigenvalue weighted by molar-refractivity contribution is 8.01. The molecule has 2 aromatic heterocycles. The first kappa shape index (κ1) is 35.3. The van der Waals surface area contributed by atoms with Crippen molar-refractivity contribution < 1.29 is 18.5 Å². The molecule has 3 aromatic carbocycles. The fraction of sp³-hybridized carbons (Fsp3) is 0.206. The molecule has 5 aromatic rings. The van der Waals surface area contributed by atoms with Crippen LogP contribution in [0.5, 0.6) is 17.4 Å². The maximum atomic E-state index is 13.1. The molecule has 2 amide bonds. The molecule has 0 aliphatic rings. The van der Waals surface area contributed by atoms with Crippen molar-refractivity contribution in [3.63, 3.8) is 0 Å². The molecule has 0 saturated heterocycles. The predicted octanol–water partition coefficient (Wildman–Crippen LogP) is 8.65. The highest BCUT2D eigenvalue weighted by Crippen LogP contribution is 2.39. The molecule has 4 N–H and O–H groups in total. The van der Waals surface area contributed by atoms with Crippen LogP contribution in [-0.4, -0.2) is 48.7 Å². The number of nitrogens with zero attached hydrogens (tertiary/aromatic N) is 4. The summed E-state index contributed by atoms with van der Waals surface area (Å²) in [6, 6.07) is 19.1. The van der Waals surface area contributed by atoms with E-state index in [1.165, 1.54) is 13.3 Å². The van der Waals surface area contributed by atoms with Crippen LogP contribution < -0.4 is 30.1 Å². The van der Waals surface area contributed by atoms with Crippen LogP contribution in [0, 0.1) is 6.92 Å². The summed E-state index contributed by atoms with van der Waals surface area (Å²) < 4.78 is 28.6. The molecule has 0 aliphatic heterocycles. The lowest BCUT2D eigenvalue weighted by Gasteiger charge is -2.14. The highest BCUT2D eigenvalue weighted by atomic mass is 35.5. The molecule has 1 atom stereocenters. The average molecular weight is 724 g/mol. The lowest BCUT2D eigenvalue weighted by atomic mass is 10.1. The van der Waals surface area contributed by atoms with E-state index in [2.05, 4.69) is 35.7 Å². The molecule has 0 saturated carbocycles. The standard InChI is InChI=1S/C34H36Cl2N8O4S/c1-7-49(6,46)43-23-16-22(17-25(18-23)47-5)38-33-37-15-14-30(41-33)48-28-13-12-26(31(35)32(28)36)39-34(45)40-29-19-27(20(2)3)42-44(29)24-10-8-21(4)9-11-24/h7-20H,1-6H3,(H,43,46)(H,37,38,41)(H2,39,40,45). The number of halogens is 2. The minimum Gasteiger partial charge on any atom is -0.497 e. The number of urea groups is 1. The summed E-state index contributed by atoms with van der Waals surface area (Å²) in [5, 5.41) is 15.1. The molecule has 49 heavy (non-hydrogen) atoms. The molecule has 0 fully saturated rings. The van der Waals surface area contributed by atoms with Crippen LogP contribution in [0.3, 0.4) is 0 Å². The fourth-order valence-electron chi connectivity index (χ4n) is 4.47. The minimum absolute atomic E-state index is 0.0683. The zero-order valence-corrected chi connectivity index (χ0v) is 30.0. The van der Waals surface area contributed by atoms with Gasteiger partial charge < -0.3 is 24.8 Å². The van der Waals surface area contributed by atoms with Crippen molar-refractivity contribution in [1.82, 2.24) is 19.7 Å². The third-order valence-corrected chi connectivity index (χ3v) is 9.55. The van der Waals surface area contributed by atoms with Crippen molar-refractivity contribution >= 4 is 73.1 Å². The van der Waals surface area contributed by atoms with Crippen LogP contribution >= 0.6 is 23.2 Å². The number of aryl methyl sites for hydroxylation is 1. The van der Waals surface area contributed by atoms with E-state index in [0.717, 1.165) is 16.9 Å². The maximum Gasteiger partial charge on any atom is 0.324 e. The second-order valence-electron chi connectivity index (χ2n) is 11.3. The van der Waals surface area contributed by atoms with Crippen molar-refractivity contribution in [2.75, 3.05) is 34.0 Å². The van der Waals surface area contributed by atoms with Gasteiger partial charge in [-0.3, -0.25) is 5.32 Å². The minimum atomic E-state index is -2.39. The van der Waals surface area contributed by atoms with Gasteiger partial charge in [0, 0.05) is 52.1 Å². The first-order valence-electron chi connectivity index (χ1n) is 15.1. The Morgan fingerprint density at radius 1 is 0.980 bits per heavy atom. The second-order valence-corrected chi connectivity index (χ2v) is 14.6. The van der Waals surface area contributed by atoms with Crippen LogP contribution in [0.4, 0.5) is 33.6 Å². The Morgan fingerprint density at radius 2 is 1.71 bits per heavy atom. The molecule has 2 heterocycles. The Morgan fingerprint density at radius 3 is 2.41 bits per heavy atom. The Balaban J connectivity index is 1.30. The van der Waals surface area contributed by atoms with E-state index in [0.29, 0.717) is 22.9 Å². The number of anilines is 5. The van der Waals surface area contributed by atoms with Crippen LogP contribution in [0.2, 0.25) is 10.0 Å². The van der Waals surface area contributed by atoms with Gasteiger partial charge >= 0.3 is 6.03 Å². The molecule has 12 nitrogen and oxygen atoms in total. The number of methoxy groups -OCH3 is 1. The number of benzene rings is 3. The summed E-state index contributed by atoms with van der Waals surface area (Å²) in [5.74, 6) is 1.79. The van der Waals surface area contributed by atoms with Crippen LogP contribution in [0.1, 0.15) is 37.9 Å².